The minimum atomic E-state index is -0.0763. The van der Waals surface area contributed by atoms with Crippen molar-refractivity contribution in [1.82, 2.24) is 0 Å². The Hall–Kier alpha value is -0.0800. The van der Waals surface area contributed by atoms with Crippen molar-refractivity contribution in [2.45, 2.75) is 95.7 Å². The number of hydrogen-bond acceptors (Lipinski definition) is 2. The van der Waals surface area contributed by atoms with Crippen LogP contribution in [-0.4, -0.2) is 23.4 Å². The third kappa shape index (κ3) is 4.46. The van der Waals surface area contributed by atoms with E-state index >= 15 is 0 Å². The van der Waals surface area contributed by atoms with Crippen molar-refractivity contribution in [3.8, 4) is 0 Å². The van der Waals surface area contributed by atoms with Gasteiger partial charge in [-0.2, -0.15) is 0 Å². The Bertz CT molecular complexity index is 248. The molecule has 1 N–H and O–H groups in total. The number of unbranched alkanes of at least 4 members (excludes halogenated alkanes) is 5. The molecular formula is C17H32O2. The molecule has 0 aromatic carbocycles. The van der Waals surface area contributed by atoms with Crippen molar-refractivity contribution >= 4 is 0 Å². The van der Waals surface area contributed by atoms with Crippen molar-refractivity contribution < 1.29 is 9.84 Å². The molecule has 19 heavy (non-hydrogen) atoms. The van der Waals surface area contributed by atoms with Gasteiger partial charge in [-0.3, -0.25) is 0 Å². The third-order valence-corrected chi connectivity index (χ3v) is 5.19. The molecule has 2 aliphatic rings. The van der Waals surface area contributed by atoms with Crippen molar-refractivity contribution in [1.29, 1.82) is 0 Å². The number of hydrogen-bond donors (Lipinski definition) is 1. The van der Waals surface area contributed by atoms with Gasteiger partial charge in [0.15, 0.2) is 0 Å². The van der Waals surface area contributed by atoms with Crippen LogP contribution in [0.3, 0.4) is 0 Å². The van der Waals surface area contributed by atoms with Crippen LogP contribution in [0.1, 0.15) is 84.0 Å². The zero-order valence-electron chi connectivity index (χ0n) is 12.7. The molecular weight excluding hydrogens is 236 g/mol. The third-order valence-electron chi connectivity index (χ3n) is 5.19. The molecule has 1 saturated carbocycles. The summed E-state index contributed by atoms with van der Waals surface area (Å²) in [6.45, 7) is 3.13. The van der Waals surface area contributed by atoms with Crippen molar-refractivity contribution in [3.05, 3.63) is 0 Å². The van der Waals surface area contributed by atoms with Crippen LogP contribution >= 0.6 is 0 Å². The molecule has 0 aromatic heterocycles. The monoisotopic (exact) mass is 268 g/mol. The summed E-state index contributed by atoms with van der Waals surface area (Å²) in [5.74, 6) is 0.504. The molecule has 2 heteroatoms. The maximum Gasteiger partial charge on any atom is 0.0686 e. The van der Waals surface area contributed by atoms with Gasteiger partial charge in [0.25, 0.3) is 0 Å². The lowest BCUT2D eigenvalue weighted by Gasteiger charge is -2.48. The molecule has 1 spiro atoms. The highest BCUT2D eigenvalue weighted by atomic mass is 16.5. The first-order chi connectivity index (χ1) is 9.26. The molecule has 2 fully saturated rings. The van der Waals surface area contributed by atoms with Gasteiger partial charge in [-0.15, -0.1) is 0 Å². The molecule has 2 nitrogen and oxygen atoms in total. The molecule has 1 aliphatic carbocycles. The Kier molecular flexibility index (Phi) is 6.15. The fourth-order valence-electron chi connectivity index (χ4n) is 3.68. The largest absolute Gasteiger partial charge is 0.393 e. The second-order valence-electron chi connectivity index (χ2n) is 6.76. The number of ether oxygens (including phenoxy) is 1. The van der Waals surface area contributed by atoms with E-state index in [0.29, 0.717) is 5.92 Å². The normalized spacial score (nSPS) is 27.2. The molecule has 0 bridgehead atoms. The molecule has 112 valence electrons. The summed E-state index contributed by atoms with van der Waals surface area (Å²) in [5.41, 5.74) is 0.186. The number of rotatable bonds is 8. The van der Waals surface area contributed by atoms with Crippen LogP contribution in [0.2, 0.25) is 0 Å². The fourth-order valence-corrected chi connectivity index (χ4v) is 3.68. The predicted molar refractivity (Wildman–Crippen MR) is 79.3 cm³/mol. The van der Waals surface area contributed by atoms with E-state index in [0.717, 1.165) is 25.9 Å². The van der Waals surface area contributed by atoms with E-state index in [1.807, 2.05) is 0 Å². The van der Waals surface area contributed by atoms with Gasteiger partial charge in [-0.25, -0.2) is 0 Å². The molecule has 1 saturated heterocycles. The van der Waals surface area contributed by atoms with Crippen LogP contribution in [-0.2, 0) is 4.74 Å². The first-order valence-electron chi connectivity index (χ1n) is 8.58. The summed E-state index contributed by atoms with van der Waals surface area (Å²) in [4.78, 5) is 0. The van der Waals surface area contributed by atoms with Gasteiger partial charge in [-0.05, 0) is 44.4 Å². The van der Waals surface area contributed by atoms with E-state index in [9.17, 15) is 5.11 Å². The highest BCUT2D eigenvalue weighted by molar-refractivity contribution is 4.95. The number of aliphatic hydroxyl groups excluding tert-OH is 1. The lowest BCUT2D eigenvalue weighted by molar-refractivity contribution is -0.157. The van der Waals surface area contributed by atoms with Gasteiger partial charge in [0.05, 0.1) is 11.7 Å². The van der Waals surface area contributed by atoms with E-state index < -0.39 is 0 Å². The van der Waals surface area contributed by atoms with Gasteiger partial charge < -0.3 is 9.84 Å². The Morgan fingerprint density at radius 3 is 2.58 bits per heavy atom. The molecule has 0 radical (unpaired) electrons. The highest BCUT2D eigenvalue weighted by Gasteiger charge is 2.43. The first-order valence-corrected chi connectivity index (χ1v) is 8.58. The van der Waals surface area contributed by atoms with Gasteiger partial charge in [0.1, 0.15) is 0 Å². The molecule has 0 aromatic rings. The van der Waals surface area contributed by atoms with Crippen LogP contribution in [0.4, 0.5) is 0 Å². The second-order valence-corrected chi connectivity index (χ2v) is 6.76. The highest BCUT2D eigenvalue weighted by Crippen LogP contribution is 2.45. The molecule has 2 atom stereocenters. The molecule has 0 amide bonds. The lowest BCUT2D eigenvalue weighted by Crippen LogP contribution is -2.47. The standard InChI is InChI=1S/C17H32O2/c1-2-3-4-5-6-7-9-16(18)15-10-13-19-17(14-15)11-8-12-17/h15-16,18H,2-14H2,1H3. The summed E-state index contributed by atoms with van der Waals surface area (Å²) in [6.07, 6.45) is 14.8. The summed E-state index contributed by atoms with van der Waals surface area (Å²) in [5, 5.41) is 10.4. The smallest absolute Gasteiger partial charge is 0.0686 e. The average molecular weight is 268 g/mol. The topological polar surface area (TPSA) is 29.5 Å². The lowest BCUT2D eigenvalue weighted by atomic mass is 9.70. The molecule has 2 unspecified atom stereocenters. The van der Waals surface area contributed by atoms with E-state index in [1.54, 1.807) is 0 Å². The Labute approximate surface area is 118 Å². The summed E-state index contributed by atoms with van der Waals surface area (Å²) in [7, 11) is 0. The number of aliphatic hydroxyl groups is 1. The van der Waals surface area contributed by atoms with Gasteiger partial charge in [0, 0.05) is 6.61 Å². The molecule has 1 aliphatic heterocycles. The SMILES string of the molecule is CCCCCCCCC(O)C1CCOC2(CCC2)C1. The first kappa shape index (κ1) is 15.3. The predicted octanol–water partition coefficient (Wildman–Crippen LogP) is 4.45. The fraction of sp³-hybridized carbons (Fsp3) is 1.00. The van der Waals surface area contributed by atoms with Crippen molar-refractivity contribution in [2.75, 3.05) is 6.61 Å². The zero-order valence-corrected chi connectivity index (χ0v) is 12.7. The van der Waals surface area contributed by atoms with Gasteiger partial charge in [-0.1, -0.05) is 45.4 Å². The van der Waals surface area contributed by atoms with Crippen molar-refractivity contribution in [2.24, 2.45) is 5.92 Å². The van der Waals surface area contributed by atoms with Crippen LogP contribution in [0, 0.1) is 5.92 Å². The maximum atomic E-state index is 10.4. The van der Waals surface area contributed by atoms with Crippen LogP contribution < -0.4 is 0 Å². The summed E-state index contributed by atoms with van der Waals surface area (Å²) < 4.78 is 5.94. The average Bonchev–Trinajstić information content (AvgIpc) is 2.41. The van der Waals surface area contributed by atoms with Gasteiger partial charge in [0.2, 0.25) is 0 Å². The van der Waals surface area contributed by atoms with E-state index in [-0.39, 0.29) is 11.7 Å². The minimum Gasteiger partial charge on any atom is -0.393 e. The second kappa shape index (κ2) is 7.64. The van der Waals surface area contributed by atoms with E-state index in [1.165, 1.54) is 57.8 Å². The quantitative estimate of drug-likeness (QED) is 0.659. The Morgan fingerprint density at radius 1 is 1.16 bits per heavy atom. The zero-order chi connectivity index (χ0) is 13.6. The van der Waals surface area contributed by atoms with Crippen molar-refractivity contribution in [3.63, 3.8) is 0 Å². The summed E-state index contributed by atoms with van der Waals surface area (Å²) in [6, 6.07) is 0. The molecule has 2 rings (SSSR count). The van der Waals surface area contributed by atoms with E-state index in [4.69, 9.17) is 4.74 Å². The van der Waals surface area contributed by atoms with E-state index in [2.05, 4.69) is 6.92 Å². The van der Waals surface area contributed by atoms with Crippen LogP contribution in [0.25, 0.3) is 0 Å². The summed E-state index contributed by atoms with van der Waals surface area (Å²) >= 11 is 0. The minimum absolute atomic E-state index is 0.0763. The maximum absolute atomic E-state index is 10.4. The molecule has 1 heterocycles. The van der Waals surface area contributed by atoms with Crippen LogP contribution in [0.15, 0.2) is 0 Å². The van der Waals surface area contributed by atoms with Crippen LogP contribution in [0.5, 0.6) is 0 Å². The Morgan fingerprint density at radius 2 is 1.89 bits per heavy atom. The van der Waals surface area contributed by atoms with Gasteiger partial charge >= 0.3 is 0 Å². The Balaban J connectivity index is 1.58.